The van der Waals surface area contributed by atoms with Crippen LogP contribution in [0.5, 0.6) is 0 Å². The summed E-state index contributed by atoms with van der Waals surface area (Å²) in [7, 11) is -2.14. The largest absolute Gasteiger partial charge is 0.391 e. The van der Waals surface area contributed by atoms with Crippen LogP contribution in [-0.2, 0) is 16.6 Å². The van der Waals surface area contributed by atoms with Gasteiger partial charge < -0.3 is 10.0 Å². The van der Waals surface area contributed by atoms with Gasteiger partial charge in [0.1, 0.15) is 10.7 Å². The van der Waals surface area contributed by atoms with Gasteiger partial charge in [-0.2, -0.15) is 4.31 Å². The van der Waals surface area contributed by atoms with Crippen molar-refractivity contribution in [3.05, 3.63) is 29.3 Å². The predicted molar refractivity (Wildman–Crippen MR) is 68.5 cm³/mol. The Morgan fingerprint density at radius 3 is 2.35 bits per heavy atom. The van der Waals surface area contributed by atoms with Gasteiger partial charge in [-0.05, 0) is 19.2 Å². The summed E-state index contributed by atoms with van der Waals surface area (Å²) in [5.41, 5.74) is -0.625. The second-order valence-electron chi connectivity index (χ2n) is 4.70. The molecule has 112 valence electrons. The molecule has 1 aliphatic heterocycles. The molecule has 1 N–H and O–H groups in total. The maximum Gasteiger partial charge on any atom is 0.246 e. The SMILES string of the molecule is CN1CCN(S(=O)(=O)c2ccc(F)c(CO)c2F)CC1. The molecule has 0 bridgehead atoms. The van der Waals surface area contributed by atoms with E-state index in [1.54, 1.807) is 0 Å². The van der Waals surface area contributed by atoms with Crippen LogP contribution in [0.1, 0.15) is 5.56 Å². The van der Waals surface area contributed by atoms with E-state index in [1.807, 2.05) is 11.9 Å². The average Bonchev–Trinajstić information content (AvgIpc) is 2.39. The van der Waals surface area contributed by atoms with E-state index in [1.165, 1.54) is 4.31 Å². The number of nitrogens with zero attached hydrogens (tertiary/aromatic N) is 2. The topological polar surface area (TPSA) is 60.9 Å². The lowest BCUT2D eigenvalue weighted by Crippen LogP contribution is -2.47. The average molecular weight is 306 g/mol. The van der Waals surface area contributed by atoms with Crippen molar-refractivity contribution < 1.29 is 22.3 Å². The van der Waals surface area contributed by atoms with E-state index in [-0.39, 0.29) is 13.1 Å². The molecule has 0 amide bonds. The van der Waals surface area contributed by atoms with E-state index >= 15 is 0 Å². The number of likely N-dealkylation sites (N-methyl/N-ethyl adjacent to an activating group) is 1. The van der Waals surface area contributed by atoms with Gasteiger partial charge in [0.15, 0.2) is 5.82 Å². The second-order valence-corrected chi connectivity index (χ2v) is 6.61. The zero-order valence-electron chi connectivity index (χ0n) is 11.0. The molecule has 1 aromatic carbocycles. The van der Waals surface area contributed by atoms with Crippen molar-refractivity contribution in [3.8, 4) is 0 Å². The van der Waals surface area contributed by atoms with Crippen LogP contribution in [0.15, 0.2) is 17.0 Å². The van der Waals surface area contributed by atoms with E-state index in [9.17, 15) is 17.2 Å². The Labute approximate surface area is 116 Å². The highest BCUT2D eigenvalue weighted by molar-refractivity contribution is 7.89. The summed E-state index contributed by atoms with van der Waals surface area (Å²) >= 11 is 0. The molecule has 0 saturated carbocycles. The zero-order chi connectivity index (χ0) is 14.9. The minimum atomic E-state index is -4.01. The van der Waals surface area contributed by atoms with Gasteiger partial charge >= 0.3 is 0 Å². The monoisotopic (exact) mass is 306 g/mol. The summed E-state index contributed by atoms with van der Waals surface area (Å²) in [4.78, 5) is 1.37. The Bertz CT molecular complexity index is 599. The van der Waals surface area contributed by atoms with Gasteiger partial charge in [-0.15, -0.1) is 0 Å². The molecule has 1 aliphatic rings. The summed E-state index contributed by atoms with van der Waals surface area (Å²) in [6.45, 7) is 0.724. The first kappa shape index (κ1) is 15.3. The molecule has 0 aromatic heterocycles. The maximum atomic E-state index is 14.0. The molecule has 0 unspecified atom stereocenters. The number of benzene rings is 1. The maximum absolute atomic E-state index is 14.0. The van der Waals surface area contributed by atoms with E-state index in [0.717, 1.165) is 12.1 Å². The van der Waals surface area contributed by atoms with Crippen molar-refractivity contribution in [1.82, 2.24) is 9.21 Å². The summed E-state index contributed by atoms with van der Waals surface area (Å²) in [6.07, 6.45) is 0. The molecular formula is C12H16F2N2O3S. The third kappa shape index (κ3) is 2.69. The molecule has 2 rings (SSSR count). The number of sulfonamides is 1. The van der Waals surface area contributed by atoms with Gasteiger partial charge in [0, 0.05) is 26.2 Å². The third-order valence-electron chi connectivity index (χ3n) is 3.39. The lowest BCUT2D eigenvalue weighted by molar-refractivity contribution is 0.222. The Kier molecular flexibility index (Phi) is 4.38. The van der Waals surface area contributed by atoms with Gasteiger partial charge in [-0.3, -0.25) is 0 Å². The van der Waals surface area contributed by atoms with Crippen molar-refractivity contribution in [1.29, 1.82) is 0 Å². The fourth-order valence-corrected chi connectivity index (χ4v) is 3.60. The second kappa shape index (κ2) is 5.72. The Morgan fingerprint density at radius 1 is 1.20 bits per heavy atom. The molecule has 1 saturated heterocycles. The summed E-state index contributed by atoms with van der Waals surface area (Å²) < 4.78 is 53.2. The molecular weight excluding hydrogens is 290 g/mol. The minimum Gasteiger partial charge on any atom is -0.391 e. The molecule has 20 heavy (non-hydrogen) atoms. The zero-order valence-corrected chi connectivity index (χ0v) is 11.8. The smallest absolute Gasteiger partial charge is 0.246 e. The Balaban J connectivity index is 2.40. The van der Waals surface area contributed by atoms with E-state index in [0.29, 0.717) is 13.1 Å². The first-order valence-corrected chi connectivity index (χ1v) is 7.58. The van der Waals surface area contributed by atoms with Crippen LogP contribution in [0.3, 0.4) is 0 Å². The van der Waals surface area contributed by atoms with Gasteiger partial charge in [0.05, 0.1) is 12.2 Å². The number of aliphatic hydroxyl groups is 1. The highest BCUT2D eigenvalue weighted by Crippen LogP contribution is 2.24. The van der Waals surface area contributed by atoms with Crippen LogP contribution in [0.2, 0.25) is 0 Å². The van der Waals surface area contributed by atoms with Crippen molar-refractivity contribution in [3.63, 3.8) is 0 Å². The van der Waals surface area contributed by atoms with Gasteiger partial charge in [0.2, 0.25) is 10.0 Å². The van der Waals surface area contributed by atoms with Crippen LogP contribution in [0, 0.1) is 11.6 Å². The van der Waals surface area contributed by atoms with Crippen molar-refractivity contribution in [2.24, 2.45) is 0 Å². The fourth-order valence-electron chi connectivity index (χ4n) is 2.09. The first-order valence-electron chi connectivity index (χ1n) is 6.14. The molecule has 0 atom stereocenters. The van der Waals surface area contributed by atoms with E-state index in [4.69, 9.17) is 5.11 Å². The Morgan fingerprint density at radius 2 is 1.80 bits per heavy atom. The van der Waals surface area contributed by atoms with Crippen LogP contribution in [-0.4, -0.2) is 56.0 Å². The van der Waals surface area contributed by atoms with Crippen molar-refractivity contribution >= 4 is 10.0 Å². The number of halogens is 2. The van der Waals surface area contributed by atoms with Crippen LogP contribution in [0.25, 0.3) is 0 Å². The fraction of sp³-hybridized carbons (Fsp3) is 0.500. The Hall–Kier alpha value is -1.09. The number of aliphatic hydroxyl groups excluding tert-OH is 1. The lowest BCUT2D eigenvalue weighted by atomic mass is 10.2. The normalized spacial score (nSPS) is 18.4. The predicted octanol–water partition coefficient (Wildman–Crippen LogP) is 0.393. The van der Waals surface area contributed by atoms with E-state index < -0.39 is 38.7 Å². The quantitative estimate of drug-likeness (QED) is 0.878. The molecule has 1 aromatic rings. The first-order chi connectivity index (χ1) is 9.37. The number of hydrogen-bond acceptors (Lipinski definition) is 4. The highest BCUT2D eigenvalue weighted by Gasteiger charge is 2.31. The van der Waals surface area contributed by atoms with Crippen molar-refractivity contribution in [2.75, 3.05) is 33.2 Å². The van der Waals surface area contributed by atoms with Gasteiger partial charge in [-0.25, -0.2) is 17.2 Å². The third-order valence-corrected chi connectivity index (χ3v) is 5.30. The van der Waals surface area contributed by atoms with Crippen LogP contribution >= 0.6 is 0 Å². The van der Waals surface area contributed by atoms with Crippen molar-refractivity contribution in [2.45, 2.75) is 11.5 Å². The number of piperazine rings is 1. The van der Waals surface area contributed by atoms with E-state index in [2.05, 4.69) is 0 Å². The molecule has 0 spiro atoms. The van der Waals surface area contributed by atoms with Crippen LogP contribution in [0.4, 0.5) is 8.78 Å². The summed E-state index contributed by atoms with van der Waals surface area (Å²) in [6, 6.07) is 1.76. The summed E-state index contributed by atoms with van der Waals surface area (Å²) in [5, 5.41) is 8.94. The molecule has 1 fully saturated rings. The molecule has 5 nitrogen and oxygen atoms in total. The summed E-state index contributed by atoms with van der Waals surface area (Å²) in [5.74, 6) is -2.17. The molecule has 0 radical (unpaired) electrons. The van der Waals surface area contributed by atoms with Gasteiger partial charge in [0.25, 0.3) is 0 Å². The van der Waals surface area contributed by atoms with Crippen LogP contribution < -0.4 is 0 Å². The lowest BCUT2D eigenvalue weighted by Gasteiger charge is -2.31. The molecule has 0 aliphatic carbocycles. The standard InChI is InChI=1S/C12H16F2N2O3S/c1-15-4-6-16(7-5-15)20(18,19)11-3-2-10(13)9(8-17)12(11)14/h2-3,17H,4-8H2,1H3. The number of rotatable bonds is 3. The van der Waals surface area contributed by atoms with Gasteiger partial charge in [-0.1, -0.05) is 0 Å². The molecule has 1 heterocycles. The molecule has 8 heteroatoms. The highest BCUT2D eigenvalue weighted by atomic mass is 32.2. The number of hydrogen-bond donors (Lipinski definition) is 1. The minimum absolute atomic E-state index is 0.254.